The Hall–Kier alpha value is -1.42. The van der Waals surface area contributed by atoms with Crippen LogP contribution in [-0.2, 0) is 6.42 Å². The van der Waals surface area contributed by atoms with Crippen molar-refractivity contribution >= 4 is 17.6 Å². The quantitative estimate of drug-likeness (QED) is 0.793. The molecule has 3 N–H and O–H groups in total. The van der Waals surface area contributed by atoms with Crippen molar-refractivity contribution in [2.75, 3.05) is 11.5 Å². The van der Waals surface area contributed by atoms with Crippen molar-refractivity contribution in [3.8, 4) is 11.3 Å². The highest BCUT2D eigenvalue weighted by Gasteiger charge is 2.15. The van der Waals surface area contributed by atoms with E-state index in [1.165, 1.54) is 28.2 Å². The van der Waals surface area contributed by atoms with Gasteiger partial charge >= 0.3 is 0 Å². The topological polar surface area (TPSA) is 54.7 Å². The zero-order chi connectivity index (χ0) is 11.0. The molecule has 0 atom stereocenters. The van der Waals surface area contributed by atoms with Crippen molar-refractivity contribution in [3.05, 3.63) is 29.8 Å². The smallest absolute Gasteiger partial charge is 0.145 e. The van der Waals surface area contributed by atoms with Gasteiger partial charge in [0.2, 0.25) is 0 Å². The highest BCUT2D eigenvalue weighted by molar-refractivity contribution is 7.99. The number of nitrogen functional groups attached to an aromatic ring is 1. The summed E-state index contributed by atoms with van der Waals surface area (Å²) < 4.78 is 0. The van der Waals surface area contributed by atoms with Crippen LogP contribution in [0, 0.1) is 0 Å². The van der Waals surface area contributed by atoms with Gasteiger partial charge in [0, 0.05) is 16.5 Å². The van der Waals surface area contributed by atoms with Gasteiger partial charge in [0.1, 0.15) is 5.82 Å². The van der Waals surface area contributed by atoms with Gasteiger partial charge in [-0.1, -0.05) is 12.1 Å². The molecule has 2 heterocycles. The summed E-state index contributed by atoms with van der Waals surface area (Å²) in [5, 5.41) is 6.98. The largest absolute Gasteiger partial charge is 0.382 e. The third kappa shape index (κ3) is 1.59. The van der Waals surface area contributed by atoms with E-state index in [0.29, 0.717) is 5.82 Å². The van der Waals surface area contributed by atoms with Gasteiger partial charge in [-0.2, -0.15) is 5.10 Å². The minimum atomic E-state index is 0.552. The lowest BCUT2D eigenvalue weighted by molar-refractivity contribution is 0.890. The van der Waals surface area contributed by atoms with Crippen molar-refractivity contribution in [2.45, 2.75) is 17.7 Å². The van der Waals surface area contributed by atoms with E-state index >= 15 is 0 Å². The highest BCUT2D eigenvalue weighted by Crippen LogP contribution is 2.36. The molecule has 3 nitrogen and oxygen atoms in total. The number of nitrogens with two attached hydrogens (primary N) is 1. The Morgan fingerprint density at radius 1 is 1.38 bits per heavy atom. The lowest BCUT2D eigenvalue weighted by Gasteiger charge is -2.17. The van der Waals surface area contributed by atoms with Crippen LogP contribution in [0.2, 0.25) is 0 Å². The van der Waals surface area contributed by atoms with Crippen LogP contribution in [0.1, 0.15) is 12.0 Å². The van der Waals surface area contributed by atoms with Crippen LogP contribution in [0.25, 0.3) is 11.3 Å². The molecule has 0 bridgehead atoms. The Bertz CT molecular complexity index is 519. The summed E-state index contributed by atoms with van der Waals surface area (Å²) in [5.74, 6) is 1.78. The molecular weight excluding hydrogens is 218 g/mol. The number of aromatic amines is 1. The van der Waals surface area contributed by atoms with E-state index in [9.17, 15) is 0 Å². The number of rotatable bonds is 1. The molecule has 0 saturated carbocycles. The molecule has 3 rings (SSSR count). The second kappa shape index (κ2) is 3.87. The molecule has 0 amide bonds. The Morgan fingerprint density at radius 2 is 2.31 bits per heavy atom. The predicted molar refractivity (Wildman–Crippen MR) is 67.5 cm³/mol. The summed E-state index contributed by atoms with van der Waals surface area (Å²) in [6.07, 6.45) is 2.40. The van der Waals surface area contributed by atoms with E-state index in [4.69, 9.17) is 5.73 Å². The Morgan fingerprint density at radius 3 is 3.12 bits per heavy atom. The van der Waals surface area contributed by atoms with Crippen LogP contribution < -0.4 is 5.73 Å². The number of anilines is 1. The minimum Gasteiger partial charge on any atom is -0.382 e. The van der Waals surface area contributed by atoms with Crippen LogP contribution in [0.15, 0.2) is 29.2 Å². The van der Waals surface area contributed by atoms with Crippen molar-refractivity contribution in [2.24, 2.45) is 0 Å². The van der Waals surface area contributed by atoms with Crippen molar-refractivity contribution in [3.63, 3.8) is 0 Å². The fraction of sp³-hybridized carbons (Fsp3) is 0.250. The maximum atomic E-state index is 5.64. The number of aromatic nitrogens is 2. The minimum absolute atomic E-state index is 0.552. The van der Waals surface area contributed by atoms with Gasteiger partial charge in [0.15, 0.2) is 0 Å². The van der Waals surface area contributed by atoms with Gasteiger partial charge < -0.3 is 5.73 Å². The summed E-state index contributed by atoms with van der Waals surface area (Å²) in [6.45, 7) is 0. The molecule has 0 unspecified atom stereocenters. The molecule has 1 aliphatic rings. The number of nitrogens with zero attached hydrogens (tertiary/aromatic N) is 1. The second-order valence-corrected chi connectivity index (χ2v) is 5.08. The molecule has 0 aliphatic carbocycles. The maximum absolute atomic E-state index is 5.64. The van der Waals surface area contributed by atoms with Crippen LogP contribution in [-0.4, -0.2) is 16.0 Å². The molecule has 0 saturated heterocycles. The third-order valence-corrected chi connectivity index (χ3v) is 4.04. The van der Waals surface area contributed by atoms with Crippen molar-refractivity contribution < 1.29 is 0 Å². The first-order valence-electron chi connectivity index (χ1n) is 5.40. The first kappa shape index (κ1) is 9.78. The van der Waals surface area contributed by atoms with E-state index in [0.717, 1.165) is 12.1 Å². The first-order chi connectivity index (χ1) is 7.84. The Labute approximate surface area is 98.4 Å². The van der Waals surface area contributed by atoms with E-state index in [2.05, 4.69) is 28.4 Å². The van der Waals surface area contributed by atoms with E-state index in [1.54, 1.807) is 0 Å². The van der Waals surface area contributed by atoms with Gasteiger partial charge in [-0.15, -0.1) is 11.8 Å². The van der Waals surface area contributed by atoms with Gasteiger partial charge in [-0.05, 0) is 30.2 Å². The Balaban J connectivity index is 2.13. The monoisotopic (exact) mass is 231 g/mol. The normalized spacial score (nSPS) is 14.8. The standard InChI is InChI=1S/C12H13N3S/c13-12-7-10(14-15-12)8-3-1-5-11-9(8)4-2-6-16-11/h1,3,5,7H,2,4,6H2,(H3,13,14,15). The lowest BCUT2D eigenvalue weighted by Crippen LogP contribution is -2.00. The summed E-state index contributed by atoms with van der Waals surface area (Å²) in [4.78, 5) is 1.40. The average molecular weight is 231 g/mol. The van der Waals surface area contributed by atoms with Gasteiger partial charge in [0.25, 0.3) is 0 Å². The number of benzene rings is 1. The molecule has 1 aliphatic heterocycles. The lowest BCUT2D eigenvalue weighted by atomic mass is 10.0. The third-order valence-electron chi connectivity index (χ3n) is 2.85. The van der Waals surface area contributed by atoms with Gasteiger partial charge in [0.05, 0.1) is 5.69 Å². The zero-order valence-electron chi connectivity index (χ0n) is 8.86. The molecule has 1 aromatic heterocycles. The van der Waals surface area contributed by atoms with E-state index < -0.39 is 0 Å². The maximum Gasteiger partial charge on any atom is 0.145 e. The predicted octanol–water partition coefficient (Wildman–Crippen LogP) is 2.70. The molecular formula is C12H13N3S. The van der Waals surface area contributed by atoms with Gasteiger partial charge in [-0.25, -0.2) is 0 Å². The molecule has 0 fully saturated rings. The molecule has 0 radical (unpaired) electrons. The Kier molecular flexibility index (Phi) is 2.36. The molecule has 4 heteroatoms. The number of fused-ring (bicyclic) bond motifs is 1. The van der Waals surface area contributed by atoms with E-state index in [1.807, 2.05) is 17.8 Å². The summed E-state index contributed by atoms with van der Waals surface area (Å²) >= 11 is 1.94. The van der Waals surface area contributed by atoms with Crippen LogP contribution in [0.5, 0.6) is 0 Å². The fourth-order valence-corrected chi connectivity index (χ4v) is 3.19. The van der Waals surface area contributed by atoms with Crippen molar-refractivity contribution in [1.29, 1.82) is 0 Å². The van der Waals surface area contributed by atoms with Crippen molar-refractivity contribution in [1.82, 2.24) is 10.2 Å². The number of nitrogens with one attached hydrogen (secondary N) is 1. The van der Waals surface area contributed by atoms with Crippen LogP contribution >= 0.6 is 11.8 Å². The summed E-state index contributed by atoms with van der Waals surface area (Å²) in [6, 6.07) is 8.33. The fourth-order valence-electron chi connectivity index (χ4n) is 2.12. The van der Waals surface area contributed by atoms with Crippen LogP contribution in [0.3, 0.4) is 0 Å². The molecule has 0 spiro atoms. The number of H-pyrrole nitrogens is 1. The average Bonchev–Trinajstić information content (AvgIpc) is 2.75. The zero-order valence-corrected chi connectivity index (χ0v) is 9.68. The highest BCUT2D eigenvalue weighted by atomic mass is 32.2. The second-order valence-electron chi connectivity index (χ2n) is 3.94. The van der Waals surface area contributed by atoms with E-state index in [-0.39, 0.29) is 0 Å². The molecule has 82 valence electrons. The SMILES string of the molecule is Nc1cc(-c2cccc3c2CCCS3)[nH]n1. The first-order valence-corrected chi connectivity index (χ1v) is 6.39. The number of thioether (sulfide) groups is 1. The molecule has 1 aromatic carbocycles. The summed E-state index contributed by atoms with van der Waals surface area (Å²) in [7, 11) is 0. The molecule has 2 aromatic rings. The number of hydrogen-bond donors (Lipinski definition) is 2. The van der Waals surface area contributed by atoms with Crippen LogP contribution in [0.4, 0.5) is 5.82 Å². The number of hydrogen-bond acceptors (Lipinski definition) is 3. The molecule has 16 heavy (non-hydrogen) atoms. The summed E-state index contributed by atoms with van der Waals surface area (Å²) in [5.41, 5.74) is 9.35. The van der Waals surface area contributed by atoms with Gasteiger partial charge in [-0.3, -0.25) is 5.10 Å².